The Balaban J connectivity index is 0.00000363. The van der Waals surface area contributed by atoms with E-state index in [2.05, 4.69) is 30.5 Å². The molecule has 3 heterocycles. The second kappa shape index (κ2) is 12.8. The summed E-state index contributed by atoms with van der Waals surface area (Å²) in [6.45, 7) is 3.07. The number of aromatic nitrogens is 2. The van der Waals surface area contributed by atoms with E-state index in [1.165, 1.54) is 12.3 Å². The number of pyridine rings is 2. The third-order valence-corrected chi connectivity index (χ3v) is 4.97. The number of hydrogen-bond donors (Lipinski definition) is 2. The smallest absolute Gasteiger partial charge is 0.421 e. The Hall–Kier alpha value is -2.15. The predicted molar refractivity (Wildman–Crippen MR) is 127 cm³/mol. The summed E-state index contributed by atoms with van der Waals surface area (Å²) in [6, 6.07) is 8.40. The molecular formula is C21H28F3IN6O. The normalized spacial score (nSPS) is 15.7. The van der Waals surface area contributed by atoms with Gasteiger partial charge < -0.3 is 15.4 Å². The van der Waals surface area contributed by atoms with Gasteiger partial charge in [-0.15, -0.1) is 24.0 Å². The minimum Gasteiger partial charge on any atom is -0.475 e. The maximum atomic E-state index is 13.0. The lowest BCUT2D eigenvalue weighted by Gasteiger charge is -2.32. The van der Waals surface area contributed by atoms with Crippen molar-refractivity contribution < 1.29 is 17.9 Å². The number of guanidine groups is 1. The van der Waals surface area contributed by atoms with E-state index in [1.807, 2.05) is 18.2 Å². The first-order chi connectivity index (χ1) is 15.0. The van der Waals surface area contributed by atoms with Gasteiger partial charge in [-0.05, 0) is 37.1 Å². The summed E-state index contributed by atoms with van der Waals surface area (Å²) in [5.41, 5.74) is 0.183. The van der Waals surface area contributed by atoms with Crippen LogP contribution in [0.1, 0.15) is 24.1 Å². The van der Waals surface area contributed by atoms with Crippen LogP contribution in [0, 0.1) is 0 Å². The van der Waals surface area contributed by atoms with Crippen LogP contribution in [0.15, 0.2) is 47.7 Å². The van der Waals surface area contributed by atoms with E-state index in [0.29, 0.717) is 12.5 Å². The van der Waals surface area contributed by atoms with Crippen molar-refractivity contribution in [3.8, 4) is 5.88 Å². The van der Waals surface area contributed by atoms with Gasteiger partial charge in [0.1, 0.15) is 12.2 Å². The average Bonchev–Trinajstić information content (AvgIpc) is 2.77. The van der Waals surface area contributed by atoms with Gasteiger partial charge in [-0.2, -0.15) is 13.2 Å². The van der Waals surface area contributed by atoms with E-state index in [0.717, 1.165) is 44.2 Å². The van der Waals surface area contributed by atoms with Crippen molar-refractivity contribution in [2.75, 3.05) is 33.3 Å². The Kier molecular flexibility index (Phi) is 10.4. The minimum absolute atomic E-state index is 0. The molecule has 0 saturated carbocycles. The van der Waals surface area contributed by atoms with Crippen LogP contribution in [0.4, 0.5) is 13.2 Å². The van der Waals surface area contributed by atoms with Crippen molar-refractivity contribution >= 4 is 29.9 Å². The molecule has 0 atom stereocenters. The van der Waals surface area contributed by atoms with Gasteiger partial charge in [0.25, 0.3) is 0 Å². The number of aliphatic imine (C=N–C) groups is 1. The van der Waals surface area contributed by atoms with Crippen molar-refractivity contribution in [2.24, 2.45) is 4.99 Å². The second-order valence-corrected chi connectivity index (χ2v) is 7.22. The van der Waals surface area contributed by atoms with E-state index in [1.54, 1.807) is 13.2 Å². The highest BCUT2D eigenvalue weighted by molar-refractivity contribution is 14.0. The number of likely N-dealkylation sites (tertiary alicyclic amines) is 1. The monoisotopic (exact) mass is 564 g/mol. The molecule has 176 valence electrons. The minimum atomic E-state index is -4.50. The highest BCUT2D eigenvalue weighted by Gasteiger charge is 2.35. The van der Waals surface area contributed by atoms with Crippen molar-refractivity contribution in [1.29, 1.82) is 0 Å². The highest BCUT2D eigenvalue weighted by atomic mass is 127. The maximum Gasteiger partial charge on any atom is 0.421 e. The molecule has 0 aliphatic carbocycles. The molecule has 1 aliphatic rings. The number of hydrogen-bond acceptors (Lipinski definition) is 5. The number of halogens is 4. The van der Waals surface area contributed by atoms with Crippen molar-refractivity contribution in [1.82, 2.24) is 25.5 Å². The average molecular weight is 564 g/mol. The highest BCUT2D eigenvalue weighted by Crippen LogP contribution is 2.34. The van der Waals surface area contributed by atoms with Gasteiger partial charge in [0.05, 0.1) is 12.2 Å². The zero-order valence-corrected chi connectivity index (χ0v) is 20.1. The van der Waals surface area contributed by atoms with E-state index < -0.39 is 17.6 Å². The number of alkyl halides is 3. The van der Waals surface area contributed by atoms with Crippen LogP contribution in [-0.2, 0) is 12.7 Å². The molecule has 32 heavy (non-hydrogen) atoms. The summed E-state index contributed by atoms with van der Waals surface area (Å²) in [5.74, 6) is 0.184. The van der Waals surface area contributed by atoms with Gasteiger partial charge in [0, 0.05) is 45.1 Å². The van der Waals surface area contributed by atoms with E-state index in [4.69, 9.17) is 4.74 Å². The fraction of sp³-hybridized carbons (Fsp3) is 0.476. The SMILES string of the molecule is CN=C(NCCOc1ncccc1C(F)(F)F)NC1CCN(Cc2ccccn2)CC1.I. The van der Waals surface area contributed by atoms with Gasteiger partial charge in [-0.1, -0.05) is 6.07 Å². The summed E-state index contributed by atoms with van der Waals surface area (Å²) in [5, 5.41) is 6.45. The van der Waals surface area contributed by atoms with Crippen LogP contribution in [0.25, 0.3) is 0 Å². The molecule has 7 nitrogen and oxygen atoms in total. The fourth-order valence-corrected chi connectivity index (χ4v) is 3.38. The molecule has 2 aromatic heterocycles. The van der Waals surface area contributed by atoms with Crippen LogP contribution < -0.4 is 15.4 Å². The predicted octanol–water partition coefficient (Wildman–Crippen LogP) is 3.32. The Morgan fingerprint density at radius 2 is 1.91 bits per heavy atom. The number of rotatable bonds is 7. The van der Waals surface area contributed by atoms with Crippen molar-refractivity contribution in [3.63, 3.8) is 0 Å². The van der Waals surface area contributed by atoms with Crippen LogP contribution in [0.2, 0.25) is 0 Å². The Morgan fingerprint density at radius 1 is 1.16 bits per heavy atom. The van der Waals surface area contributed by atoms with E-state index >= 15 is 0 Å². The third-order valence-electron chi connectivity index (χ3n) is 4.97. The number of nitrogens with zero attached hydrogens (tertiary/aromatic N) is 4. The number of piperidine rings is 1. The van der Waals surface area contributed by atoms with Crippen LogP contribution in [-0.4, -0.2) is 60.2 Å². The van der Waals surface area contributed by atoms with Gasteiger partial charge in [0.15, 0.2) is 5.96 Å². The molecular weight excluding hydrogens is 536 g/mol. The molecule has 1 saturated heterocycles. The van der Waals surface area contributed by atoms with Crippen LogP contribution in [0.5, 0.6) is 5.88 Å². The Morgan fingerprint density at radius 3 is 2.56 bits per heavy atom. The van der Waals surface area contributed by atoms with E-state index in [-0.39, 0.29) is 36.6 Å². The first-order valence-electron chi connectivity index (χ1n) is 10.2. The second-order valence-electron chi connectivity index (χ2n) is 7.22. The third kappa shape index (κ3) is 8.08. The molecule has 0 unspecified atom stereocenters. The molecule has 0 spiro atoms. The van der Waals surface area contributed by atoms with Gasteiger partial charge in [0.2, 0.25) is 5.88 Å². The molecule has 2 aromatic rings. The quantitative estimate of drug-likeness (QED) is 0.233. The molecule has 3 rings (SSSR count). The molecule has 1 fully saturated rings. The largest absolute Gasteiger partial charge is 0.475 e. The maximum absolute atomic E-state index is 13.0. The number of nitrogens with one attached hydrogen (secondary N) is 2. The van der Waals surface area contributed by atoms with Crippen molar-refractivity contribution in [3.05, 3.63) is 54.0 Å². The lowest BCUT2D eigenvalue weighted by Crippen LogP contribution is -2.49. The van der Waals surface area contributed by atoms with Crippen LogP contribution in [0.3, 0.4) is 0 Å². The first-order valence-corrected chi connectivity index (χ1v) is 10.2. The zero-order valence-electron chi connectivity index (χ0n) is 17.8. The lowest BCUT2D eigenvalue weighted by molar-refractivity contribution is -0.139. The summed E-state index contributed by atoms with van der Waals surface area (Å²) < 4.78 is 44.2. The molecule has 1 aliphatic heterocycles. The Labute approximate surface area is 202 Å². The van der Waals surface area contributed by atoms with Crippen molar-refractivity contribution in [2.45, 2.75) is 31.6 Å². The molecule has 0 bridgehead atoms. The lowest BCUT2D eigenvalue weighted by atomic mass is 10.1. The van der Waals surface area contributed by atoms with Gasteiger partial charge >= 0.3 is 6.18 Å². The summed E-state index contributed by atoms with van der Waals surface area (Å²) in [6.07, 6.45) is 0.513. The fourth-order valence-electron chi connectivity index (χ4n) is 3.38. The Bertz CT molecular complexity index is 845. The molecule has 11 heteroatoms. The van der Waals surface area contributed by atoms with Gasteiger partial charge in [-0.3, -0.25) is 14.9 Å². The summed E-state index contributed by atoms with van der Waals surface area (Å²) in [4.78, 5) is 14.6. The standard InChI is InChI=1S/C21H27F3N6O.HI/c1-25-20(28-11-14-31-19-18(21(22,23)24)6-4-10-27-19)29-16-7-12-30(13-8-16)15-17-5-2-3-9-26-17;/h2-6,9-10,16H,7-8,11-15H2,1H3,(H2,25,28,29);1H. The summed E-state index contributed by atoms with van der Waals surface area (Å²) >= 11 is 0. The number of ether oxygens (including phenoxy) is 1. The van der Waals surface area contributed by atoms with E-state index in [9.17, 15) is 13.2 Å². The molecule has 2 N–H and O–H groups in total. The zero-order chi connectivity index (χ0) is 22.1. The summed E-state index contributed by atoms with van der Waals surface area (Å²) in [7, 11) is 1.66. The molecule has 0 amide bonds. The molecule has 0 aromatic carbocycles. The van der Waals surface area contributed by atoms with Crippen LogP contribution >= 0.6 is 24.0 Å². The topological polar surface area (TPSA) is 74.7 Å². The van der Waals surface area contributed by atoms with Gasteiger partial charge in [-0.25, -0.2) is 4.98 Å². The first kappa shape index (κ1) is 26.1. The molecule has 0 radical (unpaired) electrons.